The smallest absolute Gasteiger partial charge is 0.104 e. The van der Waals surface area contributed by atoms with Crippen LogP contribution in [-0.2, 0) is 0 Å². The molecule has 0 aliphatic carbocycles. The van der Waals surface area contributed by atoms with Crippen molar-refractivity contribution in [2.45, 2.75) is 13.8 Å². The summed E-state index contributed by atoms with van der Waals surface area (Å²) in [6, 6.07) is 8.36. The largest absolute Gasteiger partial charge is 0.155 e. The molecule has 0 aromatic heterocycles. The summed E-state index contributed by atoms with van der Waals surface area (Å²) in [5.74, 6) is 0. The second-order valence-corrected chi connectivity index (χ2v) is 4.92. The number of nitrogens with zero attached hydrogens (tertiary/aromatic N) is 2. The van der Waals surface area contributed by atoms with Crippen LogP contribution in [0, 0.1) is 13.8 Å². The van der Waals surface area contributed by atoms with Crippen LogP contribution >= 0.6 is 11.3 Å². The summed E-state index contributed by atoms with van der Waals surface area (Å²) in [4.78, 5) is 1.30. The number of fused-ring (bicyclic) bond motifs is 3. The van der Waals surface area contributed by atoms with Gasteiger partial charge in [0.25, 0.3) is 0 Å². The molecule has 3 rings (SSSR count). The van der Waals surface area contributed by atoms with E-state index in [0.717, 1.165) is 11.4 Å². The minimum absolute atomic E-state index is 1.03. The summed E-state index contributed by atoms with van der Waals surface area (Å²) in [6.07, 6.45) is 0. The zero-order valence-electron chi connectivity index (χ0n) is 8.61. The van der Waals surface area contributed by atoms with Crippen LogP contribution in [0.25, 0.3) is 21.3 Å². The van der Waals surface area contributed by atoms with Gasteiger partial charge in [-0.2, -0.15) is 5.10 Å². The van der Waals surface area contributed by atoms with Gasteiger partial charge in [0, 0.05) is 20.5 Å². The first-order valence-electron chi connectivity index (χ1n) is 4.88. The molecule has 0 amide bonds. The number of benzene rings is 1. The SMILES string of the molecule is Cc1nnc2c3ccccc3sc(C)c1-2. The first-order valence-corrected chi connectivity index (χ1v) is 5.70. The van der Waals surface area contributed by atoms with E-state index in [9.17, 15) is 0 Å². The fourth-order valence-corrected chi connectivity index (χ4v) is 3.07. The Bertz CT molecular complexity index is 612. The molecule has 0 saturated carbocycles. The normalized spacial score (nSPS) is 11.3. The third-order valence-corrected chi connectivity index (χ3v) is 3.74. The summed E-state index contributed by atoms with van der Waals surface area (Å²) in [5.41, 5.74) is 3.29. The van der Waals surface area contributed by atoms with E-state index < -0.39 is 0 Å². The number of hydrogen-bond acceptors (Lipinski definition) is 3. The highest BCUT2D eigenvalue weighted by Gasteiger charge is 2.16. The maximum atomic E-state index is 4.26. The lowest BCUT2D eigenvalue weighted by molar-refractivity contribution is 1.06. The van der Waals surface area contributed by atoms with E-state index in [1.807, 2.05) is 24.3 Å². The van der Waals surface area contributed by atoms with Crippen LogP contribution in [0.1, 0.15) is 10.6 Å². The van der Waals surface area contributed by atoms with Gasteiger partial charge in [0.15, 0.2) is 0 Å². The van der Waals surface area contributed by atoms with Crippen molar-refractivity contribution in [3.05, 3.63) is 34.8 Å². The van der Waals surface area contributed by atoms with Crippen molar-refractivity contribution in [3.63, 3.8) is 0 Å². The number of rotatable bonds is 0. The molecular weight excluding hydrogens is 204 g/mol. The van der Waals surface area contributed by atoms with E-state index in [0.29, 0.717) is 0 Å². The van der Waals surface area contributed by atoms with Crippen LogP contribution in [0.5, 0.6) is 0 Å². The second kappa shape index (κ2) is 3.00. The summed E-state index contributed by atoms with van der Waals surface area (Å²) in [5, 5.41) is 9.64. The fraction of sp³-hybridized carbons (Fsp3) is 0.167. The zero-order valence-corrected chi connectivity index (χ0v) is 9.43. The van der Waals surface area contributed by atoms with Gasteiger partial charge < -0.3 is 0 Å². The molecule has 74 valence electrons. The summed E-state index contributed by atoms with van der Waals surface area (Å²) >= 11 is 1.81. The first kappa shape index (κ1) is 8.80. The van der Waals surface area contributed by atoms with Gasteiger partial charge in [-0.25, -0.2) is 0 Å². The van der Waals surface area contributed by atoms with Crippen molar-refractivity contribution in [3.8, 4) is 11.3 Å². The average Bonchev–Trinajstić information content (AvgIpc) is 2.62. The van der Waals surface area contributed by atoms with Gasteiger partial charge in [-0.3, -0.25) is 0 Å². The monoisotopic (exact) mass is 214 g/mol. The Morgan fingerprint density at radius 1 is 1.07 bits per heavy atom. The first-order chi connectivity index (χ1) is 7.27. The Hall–Kier alpha value is -1.48. The number of hydrogen-bond donors (Lipinski definition) is 0. The van der Waals surface area contributed by atoms with Crippen LogP contribution in [0.3, 0.4) is 0 Å². The van der Waals surface area contributed by atoms with Crippen molar-refractivity contribution >= 4 is 21.4 Å². The van der Waals surface area contributed by atoms with Crippen molar-refractivity contribution in [2.24, 2.45) is 0 Å². The van der Waals surface area contributed by atoms with Crippen LogP contribution < -0.4 is 0 Å². The third kappa shape index (κ3) is 1.16. The highest BCUT2D eigenvalue weighted by molar-refractivity contribution is 7.18. The maximum absolute atomic E-state index is 4.26. The molecule has 2 aliphatic rings. The average molecular weight is 214 g/mol. The Labute approximate surface area is 91.9 Å². The van der Waals surface area contributed by atoms with Gasteiger partial charge in [0.2, 0.25) is 0 Å². The lowest BCUT2D eigenvalue weighted by Crippen LogP contribution is -1.84. The molecule has 15 heavy (non-hydrogen) atoms. The molecule has 1 aromatic rings. The van der Waals surface area contributed by atoms with Crippen molar-refractivity contribution in [2.75, 3.05) is 0 Å². The van der Waals surface area contributed by atoms with Crippen LogP contribution in [-0.4, -0.2) is 10.2 Å². The summed E-state index contributed by atoms with van der Waals surface area (Å²) in [6.45, 7) is 4.15. The summed E-state index contributed by atoms with van der Waals surface area (Å²) in [7, 11) is 0. The lowest BCUT2D eigenvalue weighted by Gasteiger charge is -2.06. The third-order valence-electron chi connectivity index (χ3n) is 2.66. The lowest BCUT2D eigenvalue weighted by atomic mass is 10.1. The van der Waals surface area contributed by atoms with Gasteiger partial charge in [-0.15, -0.1) is 16.4 Å². The van der Waals surface area contributed by atoms with Gasteiger partial charge in [0.1, 0.15) is 5.69 Å². The predicted octanol–water partition coefficient (Wildman–Crippen LogP) is 3.41. The van der Waals surface area contributed by atoms with Crippen LogP contribution in [0.2, 0.25) is 0 Å². The van der Waals surface area contributed by atoms with Gasteiger partial charge in [-0.05, 0) is 19.9 Å². The number of aryl methyl sites for hydroxylation is 2. The van der Waals surface area contributed by atoms with E-state index in [-0.39, 0.29) is 0 Å². The Morgan fingerprint density at radius 3 is 2.73 bits per heavy atom. The van der Waals surface area contributed by atoms with Gasteiger partial charge in [-0.1, -0.05) is 18.2 Å². The quantitative estimate of drug-likeness (QED) is 0.573. The fourth-order valence-electron chi connectivity index (χ4n) is 1.97. The van der Waals surface area contributed by atoms with E-state index >= 15 is 0 Å². The molecule has 3 heteroatoms. The number of aromatic nitrogens is 2. The molecule has 0 N–H and O–H groups in total. The molecule has 0 fully saturated rings. The molecule has 0 saturated heterocycles. The van der Waals surface area contributed by atoms with E-state index in [2.05, 4.69) is 35.3 Å². The topological polar surface area (TPSA) is 25.8 Å². The molecule has 0 atom stereocenters. The van der Waals surface area contributed by atoms with Gasteiger partial charge in [0.05, 0.1) is 5.69 Å². The highest BCUT2D eigenvalue weighted by atomic mass is 32.1. The Balaban J connectivity index is 2.57. The molecule has 1 aromatic carbocycles. The molecule has 2 aliphatic heterocycles. The molecule has 0 bridgehead atoms. The molecule has 0 spiro atoms. The molecule has 0 unspecified atom stereocenters. The van der Waals surface area contributed by atoms with E-state index in [1.54, 1.807) is 0 Å². The standard InChI is InChI=1S/C12H10N2S/c1-7-11-8(2)15-10-6-4-3-5-9(10)12(11)14-13-7/h3-6H,1-2H3. The molecule has 2 heterocycles. The van der Waals surface area contributed by atoms with Gasteiger partial charge >= 0.3 is 0 Å². The zero-order chi connectivity index (χ0) is 10.4. The molecular formula is C12H10N2S. The van der Waals surface area contributed by atoms with Crippen molar-refractivity contribution < 1.29 is 0 Å². The minimum Gasteiger partial charge on any atom is -0.155 e. The Kier molecular flexibility index (Phi) is 1.76. The van der Waals surface area contributed by atoms with E-state index in [1.165, 1.54) is 20.5 Å². The Morgan fingerprint density at radius 2 is 1.87 bits per heavy atom. The maximum Gasteiger partial charge on any atom is 0.104 e. The van der Waals surface area contributed by atoms with Crippen molar-refractivity contribution in [1.82, 2.24) is 10.2 Å². The second-order valence-electron chi connectivity index (χ2n) is 3.66. The molecule has 2 nitrogen and oxygen atoms in total. The highest BCUT2D eigenvalue weighted by Crippen LogP contribution is 2.37. The minimum atomic E-state index is 1.03. The van der Waals surface area contributed by atoms with E-state index in [4.69, 9.17) is 0 Å². The summed E-state index contributed by atoms with van der Waals surface area (Å²) < 4.78 is 1.28. The van der Waals surface area contributed by atoms with Crippen LogP contribution in [0.4, 0.5) is 0 Å². The molecule has 0 radical (unpaired) electrons. The predicted molar refractivity (Wildman–Crippen MR) is 63.5 cm³/mol. The van der Waals surface area contributed by atoms with Crippen LogP contribution in [0.15, 0.2) is 24.3 Å². The van der Waals surface area contributed by atoms with Crippen molar-refractivity contribution in [1.29, 1.82) is 0 Å².